The van der Waals surface area contributed by atoms with Crippen LogP contribution in [0, 0.1) is 13.8 Å². The number of esters is 1. The predicted molar refractivity (Wildman–Crippen MR) is 96.3 cm³/mol. The van der Waals surface area contributed by atoms with Crippen LogP contribution in [0.25, 0.3) is 0 Å². The van der Waals surface area contributed by atoms with Gasteiger partial charge in [-0.3, -0.25) is 4.79 Å². The van der Waals surface area contributed by atoms with Gasteiger partial charge in [-0.2, -0.15) is 0 Å². The molecule has 1 unspecified atom stereocenters. The van der Waals surface area contributed by atoms with E-state index in [4.69, 9.17) is 4.74 Å². The van der Waals surface area contributed by atoms with Crippen molar-refractivity contribution in [3.05, 3.63) is 52.3 Å². The maximum atomic E-state index is 13.2. The van der Waals surface area contributed by atoms with Crippen LogP contribution >= 0.6 is 0 Å². The fourth-order valence-corrected chi connectivity index (χ4v) is 5.07. The van der Waals surface area contributed by atoms with E-state index in [2.05, 4.69) is 0 Å². The Balaban J connectivity index is 2.31. The van der Waals surface area contributed by atoms with Crippen molar-refractivity contribution >= 4 is 21.8 Å². The standard InChI is InChI=1S/C19H21NO5S/c1-5-25-19(22)17-13(4)20(18-15(21)10-12(3)16(17)18)26(23,24)14-8-6-11(2)7-9-14/h6-9,12H,5,10H2,1-4H3. The average Bonchev–Trinajstić information content (AvgIpc) is 3.03. The van der Waals surface area contributed by atoms with Crippen molar-refractivity contribution in [1.29, 1.82) is 0 Å². The second kappa shape index (κ2) is 6.39. The van der Waals surface area contributed by atoms with Gasteiger partial charge in [0.1, 0.15) is 5.69 Å². The highest BCUT2D eigenvalue weighted by atomic mass is 32.2. The van der Waals surface area contributed by atoms with Crippen LogP contribution in [0.4, 0.5) is 0 Å². The lowest BCUT2D eigenvalue weighted by Crippen LogP contribution is -2.19. The summed E-state index contributed by atoms with van der Waals surface area (Å²) in [4.78, 5) is 25.1. The molecule has 0 radical (unpaired) electrons. The first-order chi connectivity index (χ1) is 12.2. The molecule has 138 valence electrons. The van der Waals surface area contributed by atoms with Crippen molar-refractivity contribution in [1.82, 2.24) is 3.97 Å². The Morgan fingerprint density at radius 1 is 1.23 bits per heavy atom. The maximum Gasteiger partial charge on any atom is 0.340 e. The zero-order valence-corrected chi connectivity index (χ0v) is 16.0. The van der Waals surface area contributed by atoms with Crippen LogP contribution in [0.3, 0.4) is 0 Å². The second-order valence-corrected chi connectivity index (χ2v) is 8.34. The largest absolute Gasteiger partial charge is 0.462 e. The fourth-order valence-electron chi connectivity index (χ4n) is 3.49. The van der Waals surface area contributed by atoms with E-state index in [9.17, 15) is 18.0 Å². The zero-order chi connectivity index (χ0) is 19.2. The lowest BCUT2D eigenvalue weighted by Gasteiger charge is -2.12. The van der Waals surface area contributed by atoms with Crippen molar-refractivity contribution in [2.45, 2.75) is 44.9 Å². The summed E-state index contributed by atoms with van der Waals surface area (Å²) >= 11 is 0. The third kappa shape index (κ3) is 2.67. The minimum atomic E-state index is -4.01. The zero-order valence-electron chi connectivity index (χ0n) is 15.2. The molecular formula is C19H21NO5S. The van der Waals surface area contributed by atoms with E-state index in [1.165, 1.54) is 19.1 Å². The third-order valence-electron chi connectivity index (χ3n) is 4.68. The molecule has 0 spiro atoms. The van der Waals surface area contributed by atoms with E-state index in [0.717, 1.165) is 9.54 Å². The minimum absolute atomic E-state index is 0.0757. The molecule has 1 aromatic carbocycles. The number of ketones is 1. The van der Waals surface area contributed by atoms with E-state index in [1.54, 1.807) is 19.1 Å². The Hall–Kier alpha value is -2.41. The van der Waals surface area contributed by atoms with E-state index in [1.807, 2.05) is 13.8 Å². The highest BCUT2D eigenvalue weighted by Crippen LogP contribution is 2.40. The van der Waals surface area contributed by atoms with Gasteiger partial charge < -0.3 is 4.74 Å². The van der Waals surface area contributed by atoms with Crippen molar-refractivity contribution in [2.75, 3.05) is 6.61 Å². The average molecular weight is 375 g/mol. The van der Waals surface area contributed by atoms with Crippen molar-refractivity contribution in [3.8, 4) is 0 Å². The normalized spacial score (nSPS) is 16.6. The topological polar surface area (TPSA) is 82.4 Å². The van der Waals surface area contributed by atoms with Crippen LogP contribution in [0.2, 0.25) is 0 Å². The number of fused-ring (bicyclic) bond motifs is 1. The maximum absolute atomic E-state index is 13.2. The highest BCUT2D eigenvalue weighted by molar-refractivity contribution is 7.90. The van der Waals surface area contributed by atoms with Gasteiger partial charge in [0.15, 0.2) is 5.78 Å². The van der Waals surface area contributed by atoms with Gasteiger partial charge in [-0.05, 0) is 38.8 Å². The number of nitrogens with zero attached hydrogens (tertiary/aromatic N) is 1. The Labute approximate surface area is 152 Å². The molecule has 0 amide bonds. The van der Waals surface area contributed by atoms with Crippen LogP contribution in [0.1, 0.15) is 63.9 Å². The van der Waals surface area contributed by atoms with Crippen LogP contribution in [-0.4, -0.2) is 30.7 Å². The number of carbonyl (C=O) groups is 2. The lowest BCUT2D eigenvalue weighted by molar-refractivity contribution is 0.0524. The van der Waals surface area contributed by atoms with Gasteiger partial charge in [0.2, 0.25) is 0 Å². The van der Waals surface area contributed by atoms with Crippen molar-refractivity contribution < 1.29 is 22.7 Å². The number of benzene rings is 1. The lowest BCUT2D eigenvalue weighted by atomic mass is 10.0. The van der Waals surface area contributed by atoms with Crippen LogP contribution in [-0.2, 0) is 14.8 Å². The third-order valence-corrected chi connectivity index (χ3v) is 6.49. The summed E-state index contributed by atoms with van der Waals surface area (Å²) in [6.45, 7) is 7.07. The quantitative estimate of drug-likeness (QED) is 0.767. The summed E-state index contributed by atoms with van der Waals surface area (Å²) < 4.78 is 32.6. The molecule has 0 bridgehead atoms. The predicted octanol–water partition coefficient (Wildman–Crippen LogP) is 3.21. The molecule has 1 aliphatic rings. The smallest absolute Gasteiger partial charge is 0.340 e. The van der Waals surface area contributed by atoms with E-state index < -0.39 is 16.0 Å². The summed E-state index contributed by atoms with van der Waals surface area (Å²) in [5.41, 5.74) is 1.89. The van der Waals surface area contributed by atoms with Crippen LogP contribution < -0.4 is 0 Å². The number of ether oxygens (including phenoxy) is 1. The van der Waals surface area contributed by atoms with Gasteiger partial charge in [-0.15, -0.1) is 0 Å². The number of Topliss-reactive ketones (excluding diaryl/α,β-unsaturated/α-hetero) is 1. The second-order valence-electron chi connectivity index (χ2n) is 6.55. The monoisotopic (exact) mass is 375 g/mol. The molecule has 0 saturated carbocycles. The Kier molecular flexibility index (Phi) is 4.52. The number of carbonyl (C=O) groups excluding carboxylic acids is 2. The molecule has 0 aliphatic heterocycles. The Morgan fingerprint density at radius 2 is 1.85 bits per heavy atom. The molecule has 1 aromatic heterocycles. The summed E-state index contributed by atoms with van der Waals surface area (Å²) in [6.07, 6.45) is 0.181. The Morgan fingerprint density at radius 3 is 2.42 bits per heavy atom. The van der Waals surface area contributed by atoms with E-state index >= 15 is 0 Å². The van der Waals surface area contributed by atoms with E-state index in [-0.39, 0.29) is 46.6 Å². The molecule has 1 aliphatic carbocycles. The Bertz CT molecular complexity index is 1000. The SMILES string of the molecule is CCOC(=O)c1c2c(n(S(=O)(=O)c3ccc(C)cc3)c1C)C(=O)CC2C. The minimum Gasteiger partial charge on any atom is -0.462 e. The molecular weight excluding hydrogens is 354 g/mol. The molecule has 0 N–H and O–H groups in total. The van der Waals surface area contributed by atoms with Gasteiger partial charge in [-0.25, -0.2) is 17.2 Å². The molecule has 2 aromatic rings. The van der Waals surface area contributed by atoms with Crippen LogP contribution in [0.5, 0.6) is 0 Å². The first kappa shape index (κ1) is 18.4. The van der Waals surface area contributed by atoms with Gasteiger partial charge in [0, 0.05) is 17.7 Å². The summed E-state index contributed by atoms with van der Waals surface area (Å²) in [6, 6.07) is 6.40. The van der Waals surface area contributed by atoms with Gasteiger partial charge in [-0.1, -0.05) is 24.6 Å². The summed E-state index contributed by atoms with van der Waals surface area (Å²) in [5.74, 6) is -1.10. The van der Waals surface area contributed by atoms with Crippen molar-refractivity contribution in [3.63, 3.8) is 0 Å². The molecule has 7 heteroatoms. The molecule has 26 heavy (non-hydrogen) atoms. The molecule has 3 rings (SSSR count). The number of hydrogen-bond donors (Lipinski definition) is 0. The van der Waals surface area contributed by atoms with Gasteiger partial charge >= 0.3 is 5.97 Å². The van der Waals surface area contributed by atoms with Crippen LogP contribution in [0.15, 0.2) is 29.2 Å². The molecule has 1 atom stereocenters. The van der Waals surface area contributed by atoms with Gasteiger partial charge in [0.05, 0.1) is 17.1 Å². The number of aryl methyl sites for hydroxylation is 1. The first-order valence-corrected chi connectivity index (χ1v) is 9.91. The molecule has 0 fully saturated rings. The first-order valence-electron chi connectivity index (χ1n) is 8.47. The summed E-state index contributed by atoms with van der Waals surface area (Å²) in [7, 11) is -4.01. The summed E-state index contributed by atoms with van der Waals surface area (Å²) in [5, 5.41) is 0. The highest BCUT2D eigenvalue weighted by Gasteiger charge is 2.41. The fraction of sp³-hybridized carbons (Fsp3) is 0.368. The number of aromatic nitrogens is 1. The number of rotatable bonds is 4. The molecule has 1 heterocycles. The molecule has 6 nitrogen and oxygen atoms in total. The van der Waals surface area contributed by atoms with E-state index in [0.29, 0.717) is 5.56 Å². The molecule has 0 saturated heterocycles. The van der Waals surface area contributed by atoms with Crippen molar-refractivity contribution in [2.24, 2.45) is 0 Å². The number of hydrogen-bond acceptors (Lipinski definition) is 5. The van der Waals surface area contributed by atoms with Gasteiger partial charge in [0.25, 0.3) is 10.0 Å².